The largest absolute Gasteiger partial charge is 0.379 e. The van der Waals surface area contributed by atoms with E-state index in [0.29, 0.717) is 12.2 Å². The van der Waals surface area contributed by atoms with Crippen LogP contribution >= 0.6 is 0 Å². The SMILES string of the molecule is Cc1ncc(CNc2ccc(NC(N)=O)cc2)[nH]1. The molecule has 1 aromatic heterocycles. The van der Waals surface area contributed by atoms with Crippen LogP contribution < -0.4 is 16.4 Å². The van der Waals surface area contributed by atoms with Crippen molar-refractivity contribution in [2.75, 3.05) is 10.6 Å². The van der Waals surface area contributed by atoms with Gasteiger partial charge in [0.05, 0.1) is 18.4 Å². The number of H-pyrrole nitrogens is 1. The van der Waals surface area contributed by atoms with Crippen molar-refractivity contribution in [3.05, 3.63) is 42.0 Å². The van der Waals surface area contributed by atoms with Crippen molar-refractivity contribution < 1.29 is 4.79 Å². The summed E-state index contributed by atoms with van der Waals surface area (Å²) in [6.45, 7) is 2.58. The van der Waals surface area contributed by atoms with Gasteiger partial charge in [-0.05, 0) is 31.2 Å². The lowest BCUT2D eigenvalue weighted by Crippen LogP contribution is -2.19. The molecule has 5 N–H and O–H groups in total. The Morgan fingerprint density at radius 2 is 2.00 bits per heavy atom. The number of hydrogen-bond acceptors (Lipinski definition) is 3. The molecule has 18 heavy (non-hydrogen) atoms. The molecule has 0 atom stereocenters. The van der Waals surface area contributed by atoms with Gasteiger partial charge in [0.2, 0.25) is 0 Å². The Labute approximate surface area is 105 Å². The van der Waals surface area contributed by atoms with Gasteiger partial charge in [0, 0.05) is 11.4 Å². The number of aryl methyl sites for hydroxylation is 1. The molecule has 0 bridgehead atoms. The van der Waals surface area contributed by atoms with Gasteiger partial charge in [-0.15, -0.1) is 0 Å². The molecule has 6 heteroatoms. The number of amides is 2. The first-order valence-electron chi connectivity index (χ1n) is 5.54. The topological polar surface area (TPSA) is 95.8 Å². The van der Waals surface area contributed by atoms with E-state index in [4.69, 9.17) is 5.73 Å². The molecule has 2 aromatic rings. The lowest BCUT2D eigenvalue weighted by atomic mass is 10.2. The molecular weight excluding hydrogens is 230 g/mol. The Hall–Kier alpha value is -2.50. The molecule has 0 saturated carbocycles. The zero-order chi connectivity index (χ0) is 13.0. The van der Waals surface area contributed by atoms with Crippen molar-refractivity contribution in [3.8, 4) is 0 Å². The van der Waals surface area contributed by atoms with Gasteiger partial charge in [0.1, 0.15) is 5.82 Å². The Morgan fingerprint density at radius 3 is 2.56 bits per heavy atom. The van der Waals surface area contributed by atoms with E-state index in [0.717, 1.165) is 17.2 Å². The molecule has 1 aromatic carbocycles. The highest BCUT2D eigenvalue weighted by molar-refractivity contribution is 5.87. The Kier molecular flexibility index (Phi) is 3.47. The van der Waals surface area contributed by atoms with E-state index in [1.54, 1.807) is 18.3 Å². The van der Waals surface area contributed by atoms with Crippen LogP contribution in [0.2, 0.25) is 0 Å². The molecule has 0 saturated heterocycles. The molecule has 0 aliphatic heterocycles. The van der Waals surface area contributed by atoms with Gasteiger partial charge in [-0.2, -0.15) is 0 Å². The summed E-state index contributed by atoms with van der Waals surface area (Å²) >= 11 is 0. The fourth-order valence-electron chi connectivity index (χ4n) is 1.57. The van der Waals surface area contributed by atoms with Crippen LogP contribution in [0.25, 0.3) is 0 Å². The number of aromatic nitrogens is 2. The quantitative estimate of drug-likeness (QED) is 0.661. The lowest BCUT2D eigenvalue weighted by molar-refractivity contribution is 0.259. The van der Waals surface area contributed by atoms with Gasteiger partial charge in [-0.25, -0.2) is 9.78 Å². The normalized spacial score (nSPS) is 10.1. The Bertz CT molecular complexity index is 532. The Morgan fingerprint density at radius 1 is 1.33 bits per heavy atom. The predicted octanol–water partition coefficient (Wildman–Crippen LogP) is 1.82. The first kappa shape index (κ1) is 12.0. The first-order valence-corrected chi connectivity index (χ1v) is 5.54. The average Bonchev–Trinajstić information content (AvgIpc) is 2.74. The molecule has 0 unspecified atom stereocenters. The van der Waals surface area contributed by atoms with Crippen LogP contribution in [0.1, 0.15) is 11.5 Å². The Balaban J connectivity index is 1.92. The first-order chi connectivity index (χ1) is 8.63. The average molecular weight is 245 g/mol. The number of nitrogens with one attached hydrogen (secondary N) is 3. The number of benzene rings is 1. The summed E-state index contributed by atoms with van der Waals surface area (Å²) in [6, 6.07) is 6.74. The molecule has 0 spiro atoms. The lowest BCUT2D eigenvalue weighted by Gasteiger charge is -2.06. The molecule has 1 heterocycles. The summed E-state index contributed by atoms with van der Waals surface area (Å²) in [5.74, 6) is 0.896. The minimum absolute atomic E-state index is 0.566. The number of hydrogen-bond donors (Lipinski definition) is 4. The van der Waals surface area contributed by atoms with E-state index < -0.39 is 6.03 Å². The van der Waals surface area contributed by atoms with Crippen molar-refractivity contribution in [1.82, 2.24) is 9.97 Å². The van der Waals surface area contributed by atoms with Crippen LogP contribution in [0.3, 0.4) is 0 Å². The second-order valence-corrected chi connectivity index (χ2v) is 3.91. The number of nitrogens with zero attached hydrogens (tertiary/aromatic N) is 1. The summed E-state index contributed by atoms with van der Waals surface area (Å²) in [7, 11) is 0. The van der Waals surface area contributed by atoms with Crippen LogP contribution in [0.4, 0.5) is 16.2 Å². The summed E-state index contributed by atoms with van der Waals surface area (Å²) in [6.07, 6.45) is 1.80. The van der Waals surface area contributed by atoms with Gasteiger partial charge in [-0.3, -0.25) is 0 Å². The van der Waals surface area contributed by atoms with Crippen molar-refractivity contribution in [2.24, 2.45) is 5.73 Å². The van der Waals surface area contributed by atoms with Crippen LogP contribution in [-0.4, -0.2) is 16.0 Å². The number of carbonyl (C=O) groups excluding carboxylic acids is 1. The zero-order valence-corrected chi connectivity index (χ0v) is 10.0. The van der Waals surface area contributed by atoms with E-state index in [-0.39, 0.29) is 0 Å². The number of aromatic amines is 1. The highest BCUT2D eigenvalue weighted by Crippen LogP contribution is 2.14. The third-order valence-corrected chi connectivity index (χ3v) is 2.39. The molecule has 0 aliphatic rings. The summed E-state index contributed by atoms with van der Waals surface area (Å²) in [4.78, 5) is 17.9. The van der Waals surface area contributed by atoms with Gasteiger partial charge in [0.25, 0.3) is 0 Å². The highest BCUT2D eigenvalue weighted by Gasteiger charge is 1.98. The fourth-order valence-corrected chi connectivity index (χ4v) is 1.57. The van der Waals surface area contributed by atoms with Crippen molar-refractivity contribution >= 4 is 17.4 Å². The number of rotatable bonds is 4. The minimum atomic E-state index is -0.566. The van der Waals surface area contributed by atoms with Crippen molar-refractivity contribution in [2.45, 2.75) is 13.5 Å². The van der Waals surface area contributed by atoms with Crippen LogP contribution in [0.15, 0.2) is 30.5 Å². The second-order valence-electron chi connectivity index (χ2n) is 3.91. The molecule has 94 valence electrons. The van der Waals surface area contributed by atoms with Gasteiger partial charge >= 0.3 is 6.03 Å². The molecule has 2 amide bonds. The van der Waals surface area contributed by atoms with E-state index in [9.17, 15) is 4.79 Å². The fraction of sp³-hybridized carbons (Fsp3) is 0.167. The van der Waals surface area contributed by atoms with E-state index in [2.05, 4.69) is 20.6 Å². The van der Waals surface area contributed by atoms with Crippen LogP contribution in [0.5, 0.6) is 0 Å². The maximum Gasteiger partial charge on any atom is 0.316 e. The number of primary amides is 1. The maximum absolute atomic E-state index is 10.7. The number of imidazole rings is 1. The predicted molar refractivity (Wildman–Crippen MR) is 70.3 cm³/mol. The van der Waals surface area contributed by atoms with Crippen molar-refractivity contribution in [3.63, 3.8) is 0 Å². The maximum atomic E-state index is 10.7. The van der Waals surface area contributed by atoms with E-state index >= 15 is 0 Å². The minimum Gasteiger partial charge on any atom is -0.379 e. The molecule has 0 fully saturated rings. The van der Waals surface area contributed by atoms with Gasteiger partial charge in [0.15, 0.2) is 0 Å². The highest BCUT2D eigenvalue weighted by atomic mass is 16.2. The monoisotopic (exact) mass is 245 g/mol. The number of anilines is 2. The zero-order valence-electron chi connectivity index (χ0n) is 10.0. The third-order valence-electron chi connectivity index (χ3n) is 2.39. The van der Waals surface area contributed by atoms with Gasteiger partial charge < -0.3 is 21.4 Å². The molecule has 6 nitrogen and oxygen atoms in total. The van der Waals surface area contributed by atoms with E-state index in [1.165, 1.54) is 0 Å². The number of nitrogens with two attached hydrogens (primary N) is 1. The molecular formula is C12H15N5O. The number of urea groups is 1. The summed E-state index contributed by atoms with van der Waals surface area (Å²) in [5.41, 5.74) is 7.67. The third kappa shape index (κ3) is 3.24. The summed E-state index contributed by atoms with van der Waals surface area (Å²) < 4.78 is 0. The smallest absolute Gasteiger partial charge is 0.316 e. The molecule has 2 rings (SSSR count). The molecule has 0 radical (unpaired) electrons. The van der Waals surface area contributed by atoms with Gasteiger partial charge in [-0.1, -0.05) is 0 Å². The number of carbonyl (C=O) groups is 1. The van der Waals surface area contributed by atoms with Crippen LogP contribution in [0, 0.1) is 6.92 Å². The van der Waals surface area contributed by atoms with Crippen molar-refractivity contribution in [1.29, 1.82) is 0 Å². The standard InChI is InChI=1S/C12H15N5O/c1-8-14-6-11(16-8)7-15-9-2-4-10(5-3-9)17-12(13)18/h2-6,15H,7H2,1H3,(H,14,16)(H3,13,17,18). The second kappa shape index (κ2) is 5.22. The van der Waals surface area contributed by atoms with E-state index in [1.807, 2.05) is 19.1 Å². The van der Waals surface area contributed by atoms with Crippen LogP contribution in [-0.2, 0) is 6.54 Å². The summed E-state index contributed by atoms with van der Waals surface area (Å²) in [5, 5.41) is 5.74. The molecule has 0 aliphatic carbocycles.